The Morgan fingerprint density at radius 3 is 2.66 bits per heavy atom. The van der Waals surface area contributed by atoms with Crippen LogP contribution in [-0.2, 0) is 18.4 Å². The lowest BCUT2D eigenvalue weighted by atomic mass is 10.1. The van der Waals surface area contributed by atoms with Gasteiger partial charge in [-0.05, 0) is 18.2 Å². The van der Waals surface area contributed by atoms with Crippen molar-refractivity contribution in [3.05, 3.63) is 42.4 Å². The molecule has 0 saturated heterocycles. The van der Waals surface area contributed by atoms with Gasteiger partial charge < -0.3 is 19.3 Å². The molecular weight excluding hydrogens is 374 g/mol. The second kappa shape index (κ2) is 7.44. The van der Waals surface area contributed by atoms with Crippen molar-refractivity contribution in [3.8, 4) is 34.6 Å². The fraction of sp³-hybridized carbons (Fsp3) is 0.250. The van der Waals surface area contributed by atoms with Crippen molar-refractivity contribution in [1.29, 1.82) is 0 Å². The average molecular weight is 395 g/mol. The second-order valence-corrected chi connectivity index (χ2v) is 6.44. The van der Waals surface area contributed by atoms with Crippen molar-refractivity contribution < 1.29 is 19.3 Å². The van der Waals surface area contributed by atoms with Gasteiger partial charge in [-0.3, -0.25) is 9.25 Å². The molecule has 9 nitrogen and oxygen atoms in total. The van der Waals surface area contributed by atoms with Crippen molar-refractivity contribution in [2.24, 2.45) is 7.05 Å². The SMILES string of the molecule is COCc1cc(-n2cc3nc(-c4cnc(OC)c(OC)c4)ccc3c2O)nn1C. The molecule has 0 aromatic carbocycles. The zero-order chi connectivity index (χ0) is 20.5. The molecule has 4 aromatic heterocycles. The zero-order valence-corrected chi connectivity index (χ0v) is 16.6. The van der Waals surface area contributed by atoms with E-state index in [0.717, 1.165) is 11.3 Å². The maximum atomic E-state index is 10.7. The molecule has 4 aromatic rings. The summed E-state index contributed by atoms with van der Waals surface area (Å²) in [5, 5.41) is 15.8. The molecule has 9 heteroatoms. The van der Waals surface area contributed by atoms with Gasteiger partial charge in [0.25, 0.3) is 5.88 Å². The third-order valence-electron chi connectivity index (χ3n) is 4.68. The van der Waals surface area contributed by atoms with Crippen molar-refractivity contribution in [1.82, 2.24) is 24.3 Å². The van der Waals surface area contributed by atoms with Crippen LogP contribution in [0.3, 0.4) is 0 Å². The molecule has 0 amide bonds. The Balaban J connectivity index is 1.77. The second-order valence-electron chi connectivity index (χ2n) is 6.44. The Hall–Kier alpha value is -3.59. The van der Waals surface area contributed by atoms with Crippen LogP contribution in [0.2, 0.25) is 0 Å². The van der Waals surface area contributed by atoms with E-state index < -0.39 is 0 Å². The molecule has 4 rings (SSSR count). The normalized spacial score (nSPS) is 11.2. The number of methoxy groups -OCH3 is 3. The molecule has 0 aliphatic heterocycles. The van der Waals surface area contributed by atoms with Crippen LogP contribution in [0.1, 0.15) is 5.69 Å². The number of pyridine rings is 2. The summed E-state index contributed by atoms with van der Waals surface area (Å²) in [6.45, 7) is 0.430. The molecule has 29 heavy (non-hydrogen) atoms. The average Bonchev–Trinajstić information content (AvgIpc) is 3.27. The molecule has 0 unspecified atom stereocenters. The first-order valence-electron chi connectivity index (χ1n) is 8.87. The van der Waals surface area contributed by atoms with Gasteiger partial charge in [-0.1, -0.05) is 0 Å². The first-order chi connectivity index (χ1) is 14.0. The number of hydrogen-bond acceptors (Lipinski definition) is 7. The van der Waals surface area contributed by atoms with Gasteiger partial charge in [-0.2, -0.15) is 5.10 Å². The highest BCUT2D eigenvalue weighted by Crippen LogP contribution is 2.33. The van der Waals surface area contributed by atoms with E-state index >= 15 is 0 Å². The van der Waals surface area contributed by atoms with E-state index in [1.807, 2.05) is 31.3 Å². The Bertz CT molecular complexity index is 1180. The van der Waals surface area contributed by atoms with Crippen molar-refractivity contribution in [2.45, 2.75) is 6.61 Å². The predicted molar refractivity (Wildman–Crippen MR) is 107 cm³/mol. The van der Waals surface area contributed by atoms with E-state index in [4.69, 9.17) is 14.2 Å². The van der Waals surface area contributed by atoms with E-state index in [2.05, 4.69) is 15.1 Å². The van der Waals surface area contributed by atoms with Gasteiger partial charge >= 0.3 is 0 Å². The van der Waals surface area contributed by atoms with Crippen molar-refractivity contribution in [2.75, 3.05) is 21.3 Å². The van der Waals surface area contributed by atoms with E-state index in [-0.39, 0.29) is 5.88 Å². The number of ether oxygens (including phenoxy) is 3. The van der Waals surface area contributed by atoms with Crippen molar-refractivity contribution in [3.63, 3.8) is 0 Å². The molecule has 150 valence electrons. The maximum Gasteiger partial charge on any atom is 0.256 e. The summed E-state index contributed by atoms with van der Waals surface area (Å²) in [6.07, 6.45) is 3.42. The minimum Gasteiger partial charge on any atom is -0.494 e. The van der Waals surface area contributed by atoms with Crippen LogP contribution < -0.4 is 9.47 Å². The summed E-state index contributed by atoms with van der Waals surface area (Å²) < 4.78 is 19.0. The summed E-state index contributed by atoms with van der Waals surface area (Å²) in [5.74, 6) is 1.59. The smallest absolute Gasteiger partial charge is 0.256 e. The molecule has 0 radical (unpaired) electrons. The third kappa shape index (κ3) is 3.25. The summed E-state index contributed by atoms with van der Waals surface area (Å²) in [7, 11) is 6.56. The number of fused-ring (bicyclic) bond motifs is 1. The number of aromatic hydroxyl groups is 1. The highest BCUT2D eigenvalue weighted by atomic mass is 16.5. The first-order valence-corrected chi connectivity index (χ1v) is 8.87. The first kappa shape index (κ1) is 18.8. The highest BCUT2D eigenvalue weighted by Gasteiger charge is 2.16. The van der Waals surface area contributed by atoms with Gasteiger partial charge in [0.15, 0.2) is 11.6 Å². The van der Waals surface area contributed by atoms with Crippen LogP contribution in [0.25, 0.3) is 28.0 Å². The van der Waals surface area contributed by atoms with Gasteiger partial charge in [0.2, 0.25) is 5.88 Å². The highest BCUT2D eigenvalue weighted by molar-refractivity contribution is 5.87. The van der Waals surface area contributed by atoms with Gasteiger partial charge in [-0.25, -0.2) is 9.97 Å². The molecule has 0 fully saturated rings. The van der Waals surface area contributed by atoms with Gasteiger partial charge in [-0.15, -0.1) is 0 Å². The molecule has 0 saturated carbocycles. The van der Waals surface area contributed by atoms with E-state index in [9.17, 15) is 5.11 Å². The Morgan fingerprint density at radius 1 is 1.10 bits per heavy atom. The number of nitrogens with zero attached hydrogens (tertiary/aromatic N) is 5. The Kier molecular flexibility index (Phi) is 4.81. The fourth-order valence-corrected chi connectivity index (χ4v) is 3.17. The standard InChI is InChI=1S/C20H21N5O4/c1-24-13(11-27-2)8-18(23-24)25-10-16-14(20(25)26)5-6-15(22-16)12-7-17(28-3)19(29-4)21-9-12/h5-10,26H,11H2,1-4H3. The minimum absolute atomic E-state index is 0.0755. The summed E-state index contributed by atoms with van der Waals surface area (Å²) in [5.41, 5.74) is 3.00. The van der Waals surface area contributed by atoms with E-state index in [0.29, 0.717) is 40.7 Å². The fourth-order valence-electron chi connectivity index (χ4n) is 3.17. The number of aromatic nitrogens is 5. The van der Waals surface area contributed by atoms with E-state index in [1.165, 1.54) is 7.11 Å². The van der Waals surface area contributed by atoms with Crippen molar-refractivity contribution >= 4 is 10.9 Å². The number of hydrogen-bond donors (Lipinski definition) is 1. The van der Waals surface area contributed by atoms with Crippen LogP contribution in [-0.4, -0.2) is 50.8 Å². The zero-order valence-electron chi connectivity index (χ0n) is 16.6. The monoisotopic (exact) mass is 395 g/mol. The van der Waals surface area contributed by atoms with Crippen LogP contribution in [0.15, 0.2) is 36.7 Å². The van der Waals surface area contributed by atoms with E-state index in [1.54, 1.807) is 35.9 Å². The molecule has 1 N–H and O–H groups in total. The van der Waals surface area contributed by atoms with Gasteiger partial charge in [0, 0.05) is 38.2 Å². The van der Waals surface area contributed by atoms with Gasteiger partial charge in [0.05, 0.1) is 43.1 Å². The van der Waals surface area contributed by atoms with Crippen LogP contribution in [0.5, 0.6) is 17.5 Å². The van der Waals surface area contributed by atoms with Crippen LogP contribution in [0, 0.1) is 0 Å². The predicted octanol–water partition coefficient (Wildman–Crippen LogP) is 2.69. The largest absolute Gasteiger partial charge is 0.494 e. The summed E-state index contributed by atoms with van der Waals surface area (Å²) in [4.78, 5) is 8.93. The lowest BCUT2D eigenvalue weighted by molar-refractivity contribution is 0.178. The third-order valence-corrected chi connectivity index (χ3v) is 4.68. The number of aryl methyl sites for hydroxylation is 1. The summed E-state index contributed by atoms with van der Waals surface area (Å²) in [6, 6.07) is 7.32. The molecule has 0 atom stereocenters. The topological polar surface area (TPSA) is 96.5 Å². The van der Waals surface area contributed by atoms with Gasteiger partial charge in [0.1, 0.15) is 0 Å². The maximum absolute atomic E-state index is 10.7. The Morgan fingerprint density at radius 2 is 1.93 bits per heavy atom. The number of rotatable bonds is 6. The molecule has 0 aliphatic rings. The molecular formula is C20H21N5O4. The lowest BCUT2D eigenvalue weighted by Crippen LogP contribution is -1.99. The lowest BCUT2D eigenvalue weighted by Gasteiger charge is -2.08. The quantitative estimate of drug-likeness (QED) is 0.536. The molecule has 0 aliphatic carbocycles. The molecule has 4 heterocycles. The Labute approximate surface area is 167 Å². The van der Waals surface area contributed by atoms with Crippen LogP contribution in [0.4, 0.5) is 0 Å². The van der Waals surface area contributed by atoms with Crippen LogP contribution >= 0.6 is 0 Å². The molecule has 0 spiro atoms. The summed E-state index contributed by atoms with van der Waals surface area (Å²) >= 11 is 0. The minimum atomic E-state index is 0.0755. The molecule has 0 bridgehead atoms.